The number of piperidine rings is 1. The molecule has 1 atom stereocenters. The number of carbonyl (C=O) groups is 1. The van der Waals surface area contributed by atoms with Crippen LogP contribution in [0.5, 0.6) is 0 Å². The minimum absolute atomic E-state index is 0.00228. The highest BCUT2D eigenvalue weighted by Gasteiger charge is 2.16. The van der Waals surface area contributed by atoms with E-state index in [1.54, 1.807) is 0 Å². The minimum atomic E-state index is -0.00228. The summed E-state index contributed by atoms with van der Waals surface area (Å²) in [5, 5.41) is 2.99. The standard InChI is InChI=1S/C15H21BrN2O/c1-12-5-4-9-18(11-12)10-8-17-15(19)13-6-2-3-7-14(13)16/h2-3,6-7,12H,4-5,8-11H2,1H3,(H,17,19)/t12-/m1/s1. The number of hydrogen-bond acceptors (Lipinski definition) is 2. The van der Waals surface area contributed by atoms with Gasteiger partial charge in [0.1, 0.15) is 0 Å². The molecule has 3 nitrogen and oxygen atoms in total. The summed E-state index contributed by atoms with van der Waals surface area (Å²) in [5.74, 6) is 0.783. The molecule has 2 rings (SSSR count). The van der Waals surface area contributed by atoms with Gasteiger partial charge in [0.05, 0.1) is 5.56 Å². The Balaban J connectivity index is 1.76. The van der Waals surface area contributed by atoms with Crippen molar-refractivity contribution in [2.45, 2.75) is 19.8 Å². The molecule has 0 aliphatic carbocycles. The van der Waals surface area contributed by atoms with Crippen molar-refractivity contribution in [1.29, 1.82) is 0 Å². The van der Waals surface area contributed by atoms with E-state index in [1.165, 1.54) is 12.8 Å². The normalized spacial score (nSPS) is 20.2. The Morgan fingerprint density at radius 3 is 3.00 bits per heavy atom. The summed E-state index contributed by atoms with van der Waals surface area (Å²) < 4.78 is 0.846. The minimum Gasteiger partial charge on any atom is -0.351 e. The molecule has 4 heteroatoms. The maximum absolute atomic E-state index is 12.0. The molecular formula is C15H21BrN2O. The van der Waals surface area contributed by atoms with Gasteiger partial charge < -0.3 is 10.2 Å². The number of nitrogens with one attached hydrogen (secondary N) is 1. The lowest BCUT2D eigenvalue weighted by Crippen LogP contribution is -2.40. The molecule has 1 aromatic rings. The largest absolute Gasteiger partial charge is 0.351 e. The van der Waals surface area contributed by atoms with Crippen molar-refractivity contribution in [3.05, 3.63) is 34.3 Å². The predicted octanol–water partition coefficient (Wildman–Crippen LogP) is 2.91. The highest BCUT2D eigenvalue weighted by Crippen LogP contribution is 2.16. The number of carbonyl (C=O) groups excluding carboxylic acids is 1. The quantitative estimate of drug-likeness (QED) is 0.923. The first-order valence-electron chi connectivity index (χ1n) is 6.92. The van der Waals surface area contributed by atoms with E-state index in [0.29, 0.717) is 12.1 Å². The molecule has 1 aliphatic heterocycles. The summed E-state index contributed by atoms with van der Waals surface area (Å²) in [5.41, 5.74) is 0.703. The second-order valence-corrected chi connectivity index (χ2v) is 6.14. The second-order valence-electron chi connectivity index (χ2n) is 5.28. The molecular weight excluding hydrogens is 304 g/mol. The fourth-order valence-electron chi connectivity index (χ4n) is 2.56. The van der Waals surface area contributed by atoms with Crippen LogP contribution in [0.3, 0.4) is 0 Å². The van der Waals surface area contributed by atoms with E-state index >= 15 is 0 Å². The molecule has 1 N–H and O–H groups in total. The van der Waals surface area contributed by atoms with E-state index in [-0.39, 0.29) is 5.91 Å². The fourth-order valence-corrected chi connectivity index (χ4v) is 3.02. The van der Waals surface area contributed by atoms with E-state index in [4.69, 9.17) is 0 Å². The molecule has 1 saturated heterocycles. The van der Waals surface area contributed by atoms with Crippen LogP contribution in [0.15, 0.2) is 28.7 Å². The lowest BCUT2D eigenvalue weighted by atomic mass is 10.0. The highest BCUT2D eigenvalue weighted by atomic mass is 79.9. The summed E-state index contributed by atoms with van der Waals surface area (Å²) >= 11 is 3.40. The van der Waals surface area contributed by atoms with Gasteiger partial charge in [0.2, 0.25) is 0 Å². The van der Waals surface area contributed by atoms with Crippen molar-refractivity contribution in [3.8, 4) is 0 Å². The van der Waals surface area contributed by atoms with Gasteiger partial charge in [-0.1, -0.05) is 19.1 Å². The molecule has 0 bridgehead atoms. The summed E-state index contributed by atoms with van der Waals surface area (Å²) in [6.07, 6.45) is 2.61. The lowest BCUT2D eigenvalue weighted by molar-refractivity contribution is 0.0943. The first-order valence-corrected chi connectivity index (χ1v) is 7.71. The van der Waals surface area contributed by atoms with Crippen LogP contribution < -0.4 is 5.32 Å². The number of amides is 1. The molecule has 0 unspecified atom stereocenters. The van der Waals surface area contributed by atoms with E-state index in [1.807, 2.05) is 24.3 Å². The summed E-state index contributed by atoms with van der Waals surface area (Å²) in [6, 6.07) is 7.52. The predicted molar refractivity (Wildman–Crippen MR) is 81.3 cm³/mol. The first-order chi connectivity index (χ1) is 9.16. The van der Waals surface area contributed by atoms with Crippen molar-refractivity contribution in [2.24, 2.45) is 5.92 Å². The molecule has 0 saturated carbocycles. The van der Waals surface area contributed by atoms with E-state index in [9.17, 15) is 4.79 Å². The average molecular weight is 325 g/mol. The zero-order chi connectivity index (χ0) is 13.7. The van der Waals surface area contributed by atoms with Crippen LogP contribution in [0.25, 0.3) is 0 Å². The smallest absolute Gasteiger partial charge is 0.252 e. The SMILES string of the molecule is C[C@@H]1CCCN(CCNC(=O)c2ccccc2Br)C1. The van der Waals surface area contributed by atoms with Gasteiger partial charge in [-0.3, -0.25) is 4.79 Å². The Hall–Kier alpha value is -0.870. The Labute approximate surface area is 123 Å². The third kappa shape index (κ3) is 4.32. The molecule has 104 valence electrons. The Morgan fingerprint density at radius 1 is 1.47 bits per heavy atom. The maximum Gasteiger partial charge on any atom is 0.252 e. The topological polar surface area (TPSA) is 32.3 Å². The third-order valence-electron chi connectivity index (χ3n) is 3.57. The highest BCUT2D eigenvalue weighted by molar-refractivity contribution is 9.10. The number of benzene rings is 1. The number of likely N-dealkylation sites (tertiary alicyclic amines) is 1. The maximum atomic E-state index is 12.0. The molecule has 1 fully saturated rings. The van der Waals surface area contributed by atoms with Crippen LogP contribution in [0, 0.1) is 5.92 Å². The fraction of sp³-hybridized carbons (Fsp3) is 0.533. The van der Waals surface area contributed by atoms with E-state index in [0.717, 1.165) is 30.0 Å². The van der Waals surface area contributed by atoms with Gasteiger partial charge >= 0.3 is 0 Å². The van der Waals surface area contributed by atoms with Crippen molar-refractivity contribution >= 4 is 21.8 Å². The number of rotatable bonds is 4. The second kappa shape index (κ2) is 7.06. The number of nitrogens with zero attached hydrogens (tertiary/aromatic N) is 1. The summed E-state index contributed by atoms with van der Waals surface area (Å²) in [4.78, 5) is 14.5. The molecule has 1 heterocycles. The van der Waals surface area contributed by atoms with E-state index in [2.05, 4.69) is 33.1 Å². The number of halogens is 1. The number of hydrogen-bond donors (Lipinski definition) is 1. The Kier molecular flexibility index (Phi) is 5.40. The molecule has 1 aliphatic rings. The van der Waals surface area contributed by atoms with Crippen LogP contribution in [-0.4, -0.2) is 37.0 Å². The van der Waals surface area contributed by atoms with E-state index < -0.39 is 0 Å². The van der Waals surface area contributed by atoms with Crippen molar-refractivity contribution in [1.82, 2.24) is 10.2 Å². The van der Waals surface area contributed by atoms with Crippen LogP contribution in [0.4, 0.5) is 0 Å². The zero-order valence-electron chi connectivity index (χ0n) is 11.4. The molecule has 0 aromatic heterocycles. The first kappa shape index (κ1) is 14.5. The molecule has 19 heavy (non-hydrogen) atoms. The van der Waals surface area contributed by atoms with Crippen molar-refractivity contribution in [3.63, 3.8) is 0 Å². The van der Waals surface area contributed by atoms with Gasteiger partial charge in [0, 0.05) is 24.1 Å². The van der Waals surface area contributed by atoms with Crippen LogP contribution in [0.2, 0.25) is 0 Å². The van der Waals surface area contributed by atoms with Crippen LogP contribution in [0.1, 0.15) is 30.1 Å². The van der Waals surface area contributed by atoms with Gasteiger partial charge in [0.25, 0.3) is 5.91 Å². The molecule has 0 spiro atoms. The summed E-state index contributed by atoms with van der Waals surface area (Å²) in [6.45, 7) is 6.28. The summed E-state index contributed by atoms with van der Waals surface area (Å²) in [7, 11) is 0. The molecule has 1 aromatic carbocycles. The average Bonchev–Trinajstić information content (AvgIpc) is 2.39. The Morgan fingerprint density at radius 2 is 2.26 bits per heavy atom. The zero-order valence-corrected chi connectivity index (χ0v) is 12.9. The monoisotopic (exact) mass is 324 g/mol. The van der Waals surface area contributed by atoms with Gasteiger partial charge in [-0.15, -0.1) is 0 Å². The third-order valence-corrected chi connectivity index (χ3v) is 4.26. The molecule has 1 amide bonds. The van der Waals surface area contributed by atoms with Gasteiger partial charge in [0.15, 0.2) is 0 Å². The van der Waals surface area contributed by atoms with Gasteiger partial charge in [-0.25, -0.2) is 0 Å². The van der Waals surface area contributed by atoms with Crippen LogP contribution >= 0.6 is 15.9 Å². The van der Waals surface area contributed by atoms with Crippen LogP contribution in [-0.2, 0) is 0 Å². The molecule has 0 radical (unpaired) electrons. The van der Waals surface area contributed by atoms with Crippen molar-refractivity contribution in [2.75, 3.05) is 26.2 Å². The Bertz CT molecular complexity index is 436. The lowest BCUT2D eigenvalue weighted by Gasteiger charge is -2.30. The van der Waals surface area contributed by atoms with Gasteiger partial charge in [-0.05, 0) is 53.4 Å². The van der Waals surface area contributed by atoms with Gasteiger partial charge in [-0.2, -0.15) is 0 Å². The van der Waals surface area contributed by atoms with Crippen molar-refractivity contribution < 1.29 is 4.79 Å².